The minimum Gasteiger partial charge on any atom is -0.508 e. The standard InChI is InChI=1S/C15H18N2O2/c1-11-10-12(5-6-14(11)18)13-7-8-16-17(13)15-4-2-3-9-19-15/h5-8,10,15,18H,2-4,9H2,1H3. The van der Waals surface area contributed by atoms with E-state index >= 15 is 0 Å². The topological polar surface area (TPSA) is 47.3 Å². The van der Waals surface area contributed by atoms with Crippen LogP contribution in [0.2, 0.25) is 0 Å². The molecule has 100 valence electrons. The first-order valence-electron chi connectivity index (χ1n) is 6.71. The second kappa shape index (κ2) is 5.05. The highest BCUT2D eigenvalue weighted by atomic mass is 16.5. The number of benzene rings is 1. The summed E-state index contributed by atoms with van der Waals surface area (Å²) in [4.78, 5) is 0. The molecule has 3 rings (SSSR count). The number of nitrogens with zero attached hydrogens (tertiary/aromatic N) is 2. The van der Waals surface area contributed by atoms with Gasteiger partial charge in [-0.3, -0.25) is 0 Å². The first-order chi connectivity index (χ1) is 9.25. The van der Waals surface area contributed by atoms with Gasteiger partial charge in [0.1, 0.15) is 5.75 Å². The Morgan fingerprint density at radius 1 is 1.32 bits per heavy atom. The summed E-state index contributed by atoms with van der Waals surface area (Å²) in [6, 6.07) is 7.61. The normalized spacial score (nSPS) is 19.5. The molecular formula is C15H18N2O2. The SMILES string of the molecule is Cc1cc(-c2ccnn2C2CCCCO2)ccc1O. The Hall–Kier alpha value is -1.81. The van der Waals surface area contributed by atoms with Crippen LogP contribution in [0.15, 0.2) is 30.5 Å². The van der Waals surface area contributed by atoms with Gasteiger partial charge in [0.2, 0.25) is 0 Å². The number of phenols is 1. The third kappa shape index (κ3) is 2.36. The van der Waals surface area contributed by atoms with Crippen molar-refractivity contribution in [3.63, 3.8) is 0 Å². The fraction of sp³-hybridized carbons (Fsp3) is 0.400. The van der Waals surface area contributed by atoms with Gasteiger partial charge >= 0.3 is 0 Å². The summed E-state index contributed by atoms with van der Waals surface area (Å²) in [5, 5.41) is 14.0. The van der Waals surface area contributed by atoms with Crippen molar-refractivity contribution < 1.29 is 9.84 Å². The molecule has 0 saturated carbocycles. The van der Waals surface area contributed by atoms with Crippen molar-refractivity contribution in [2.75, 3.05) is 6.61 Å². The van der Waals surface area contributed by atoms with Crippen molar-refractivity contribution in [1.82, 2.24) is 9.78 Å². The summed E-state index contributed by atoms with van der Waals surface area (Å²) in [5.74, 6) is 0.323. The van der Waals surface area contributed by atoms with Crippen molar-refractivity contribution >= 4 is 0 Å². The lowest BCUT2D eigenvalue weighted by molar-refractivity contribution is -0.0383. The van der Waals surface area contributed by atoms with E-state index < -0.39 is 0 Å². The van der Waals surface area contributed by atoms with Gasteiger partial charge in [-0.1, -0.05) is 0 Å². The van der Waals surface area contributed by atoms with Crippen LogP contribution in [0.3, 0.4) is 0 Å². The van der Waals surface area contributed by atoms with E-state index in [0.717, 1.165) is 36.3 Å². The smallest absolute Gasteiger partial charge is 0.150 e. The minimum atomic E-state index is 0.0351. The van der Waals surface area contributed by atoms with Crippen LogP contribution < -0.4 is 0 Å². The highest BCUT2D eigenvalue weighted by Crippen LogP contribution is 2.30. The van der Waals surface area contributed by atoms with Crippen molar-refractivity contribution in [3.05, 3.63) is 36.0 Å². The number of aromatic nitrogens is 2. The van der Waals surface area contributed by atoms with Gasteiger partial charge in [-0.05, 0) is 56.0 Å². The predicted molar refractivity (Wildman–Crippen MR) is 72.9 cm³/mol. The quantitative estimate of drug-likeness (QED) is 0.899. The average molecular weight is 258 g/mol. The second-order valence-corrected chi connectivity index (χ2v) is 4.98. The van der Waals surface area contributed by atoms with E-state index in [1.54, 1.807) is 12.3 Å². The number of hydrogen-bond donors (Lipinski definition) is 1. The molecule has 1 aromatic carbocycles. The molecule has 1 aromatic heterocycles. The Morgan fingerprint density at radius 3 is 2.95 bits per heavy atom. The summed E-state index contributed by atoms with van der Waals surface area (Å²) < 4.78 is 7.74. The molecule has 1 fully saturated rings. The zero-order chi connectivity index (χ0) is 13.2. The Balaban J connectivity index is 1.96. The molecule has 1 aliphatic heterocycles. The van der Waals surface area contributed by atoms with Crippen molar-refractivity contribution in [1.29, 1.82) is 0 Å². The van der Waals surface area contributed by atoms with Crippen LogP contribution in [-0.2, 0) is 4.74 Å². The molecule has 1 saturated heterocycles. The van der Waals surface area contributed by atoms with E-state index in [1.165, 1.54) is 6.42 Å². The average Bonchev–Trinajstić information content (AvgIpc) is 2.92. The lowest BCUT2D eigenvalue weighted by atomic mass is 10.1. The Bertz CT molecular complexity index is 571. The van der Waals surface area contributed by atoms with Crippen LogP contribution in [-0.4, -0.2) is 21.5 Å². The maximum atomic E-state index is 9.61. The van der Waals surface area contributed by atoms with Crippen molar-refractivity contribution in [2.45, 2.75) is 32.4 Å². The first kappa shape index (κ1) is 12.2. The number of ether oxygens (including phenoxy) is 1. The Kier molecular flexibility index (Phi) is 3.25. The molecule has 0 aliphatic carbocycles. The maximum Gasteiger partial charge on any atom is 0.150 e. The zero-order valence-electron chi connectivity index (χ0n) is 11.0. The molecule has 1 N–H and O–H groups in total. The highest BCUT2D eigenvalue weighted by molar-refractivity contribution is 5.62. The Morgan fingerprint density at radius 2 is 2.21 bits per heavy atom. The van der Waals surface area contributed by atoms with E-state index in [-0.39, 0.29) is 6.23 Å². The molecule has 2 aromatic rings. The summed E-state index contributed by atoms with van der Waals surface area (Å²) in [5.41, 5.74) is 2.96. The van der Waals surface area contributed by atoms with Gasteiger partial charge in [0.25, 0.3) is 0 Å². The van der Waals surface area contributed by atoms with Gasteiger partial charge in [0.15, 0.2) is 6.23 Å². The summed E-state index contributed by atoms with van der Waals surface area (Å²) in [7, 11) is 0. The molecule has 0 spiro atoms. The van der Waals surface area contributed by atoms with E-state index in [1.807, 2.05) is 29.8 Å². The predicted octanol–water partition coefficient (Wildman–Crippen LogP) is 3.26. The number of aryl methyl sites for hydroxylation is 1. The largest absolute Gasteiger partial charge is 0.508 e. The lowest BCUT2D eigenvalue weighted by Gasteiger charge is -2.24. The number of rotatable bonds is 2. The molecule has 19 heavy (non-hydrogen) atoms. The zero-order valence-corrected chi connectivity index (χ0v) is 11.0. The fourth-order valence-electron chi connectivity index (χ4n) is 2.50. The van der Waals surface area contributed by atoms with Crippen LogP contribution in [0, 0.1) is 6.92 Å². The summed E-state index contributed by atoms with van der Waals surface area (Å²) >= 11 is 0. The summed E-state index contributed by atoms with van der Waals surface area (Å²) in [6.45, 7) is 2.70. The van der Waals surface area contributed by atoms with Crippen LogP contribution in [0.4, 0.5) is 0 Å². The molecule has 1 unspecified atom stereocenters. The van der Waals surface area contributed by atoms with Crippen LogP contribution in [0.1, 0.15) is 31.1 Å². The molecule has 0 amide bonds. The molecule has 0 radical (unpaired) electrons. The number of phenolic OH excluding ortho intramolecular Hbond substituents is 1. The van der Waals surface area contributed by atoms with Crippen LogP contribution in [0.25, 0.3) is 11.3 Å². The van der Waals surface area contributed by atoms with Gasteiger partial charge in [0.05, 0.1) is 5.69 Å². The lowest BCUT2D eigenvalue weighted by Crippen LogP contribution is -2.19. The monoisotopic (exact) mass is 258 g/mol. The Labute approximate surface area is 112 Å². The number of aromatic hydroxyl groups is 1. The van der Waals surface area contributed by atoms with E-state index in [0.29, 0.717) is 5.75 Å². The van der Waals surface area contributed by atoms with Gasteiger partial charge in [0, 0.05) is 18.4 Å². The van der Waals surface area contributed by atoms with Crippen molar-refractivity contribution in [2.24, 2.45) is 0 Å². The molecule has 0 bridgehead atoms. The van der Waals surface area contributed by atoms with E-state index in [4.69, 9.17) is 4.74 Å². The number of hydrogen-bond acceptors (Lipinski definition) is 3. The van der Waals surface area contributed by atoms with Crippen LogP contribution >= 0.6 is 0 Å². The third-order valence-corrected chi connectivity index (χ3v) is 3.59. The molecule has 4 nitrogen and oxygen atoms in total. The molecule has 2 heterocycles. The van der Waals surface area contributed by atoms with Crippen LogP contribution in [0.5, 0.6) is 5.75 Å². The molecule has 1 aliphatic rings. The fourth-order valence-corrected chi connectivity index (χ4v) is 2.50. The van der Waals surface area contributed by atoms with Gasteiger partial charge in [-0.15, -0.1) is 0 Å². The van der Waals surface area contributed by atoms with Gasteiger partial charge < -0.3 is 9.84 Å². The molecular weight excluding hydrogens is 240 g/mol. The third-order valence-electron chi connectivity index (χ3n) is 3.59. The second-order valence-electron chi connectivity index (χ2n) is 4.98. The molecule has 1 atom stereocenters. The van der Waals surface area contributed by atoms with Gasteiger partial charge in [-0.2, -0.15) is 5.10 Å². The minimum absolute atomic E-state index is 0.0351. The van der Waals surface area contributed by atoms with Gasteiger partial charge in [-0.25, -0.2) is 4.68 Å². The molecule has 4 heteroatoms. The highest BCUT2D eigenvalue weighted by Gasteiger charge is 2.19. The first-order valence-corrected chi connectivity index (χ1v) is 6.71. The van der Waals surface area contributed by atoms with Crippen molar-refractivity contribution in [3.8, 4) is 17.0 Å². The maximum absolute atomic E-state index is 9.61. The van der Waals surface area contributed by atoms with E-state index in [2.05, 4.69) is 5.10 Å². The summed E-state index contributed by atoms with van der Waals surface area (Å²) in [6.07, 6.45) is 5.15. The van der Waals surface area contributed by atoms with E-state index in [9.17, 15) is 5.11 Å².